The van der Waals surface area contributed by atoms with Gasteiger partial charge in [0.15, 0.2) is 0 Å². The lowest BCUT2D eigenvalue weighted by molar-refractivity contribution is -0.137. The highest BCUT2D eigenvalue weighted by atomic mass is 16.5. The molecule has 0 aliphatic carbocycles. The molecule has 0 aliphatic heterocycles. The van der Waals surface area contributed by atoms with Crippen LogP contribution in [0.15, 0.2) is 23.3 Å². The molecule has 1 unspecified atom stereocenters. The van der Waals surface area contributed by atoms with Crippen LogP contribution in [0.25, 0.3) is 0 Å². The lowest BCUT2D eigenvalue weighted by atomic mass is 9.95. The van der Waals surface area contributed by atoms with Crippen LogP contribution in [0.5, 0.6) is 0 Å². The Morgan fingerprint density at radius 2 is 1.71 bits per heavy atom. The van der Waals surface area contributed by atoms with Crippen molar-refractivity contribution in [1.82, 2.24) is 0 Å². The van der Waals surface area contributed by atoms with Gasteiger partial charge in [-0.05, 0) is 51.0 Å². The summed E-state index contributed by atoms with van der Waals surface area (Å²) in [5, 5.41) is 0. The molecule has 0 amide bonds. The Hall–Kier alpha value is -1.05. The van der Waals surface area contributed by atoms with E-state index in [1.54, 1.807) is 6.08 Å². The van der Waals surface area contributed by atoms with Crippen LogP contribution in [0, 0.1) is 11.8 Å². The van der Waals surface area contributed by atoms with Crippen molar-refractivity contribution in [2.75, 3.05) is 6.61 Å². The molecule has 122 valence electrons. The van der Waals surface area contributed by atoms with Crippen molar-refractivity contribution < 1.29 is 9.53 Å². The molecule has 0 aromatic heterocycles. The van der Waals surface area contributed by atoms with Crippen LogP contribution < -0.4 is 0 Å². The lowest BCUT2D eigenvalue weighted by Gasteiger charge is -2.11. The fourth-order valence-corrected chi connectivity index (χ4v) is 2.24. The van der Waals surface area contributed by atoms with Crippen LogP contribution in [-0.4, -0.2) is 12.6 Å². The minimum absolute atomic E-state index is 0.246. The first kappa shape index (κ1) is 19.9. The van der Waals surface area contributed by atoms with Crippen LogP contribution in [0.2, 0.25) is 0 Å². The first-order valence-corrected chi connectivity index (χ1v) is 8.39. The molecule has 21 heavy (non-hydrogen) atoms. The van der Waals surface area contributed by atoms with E-state index in [0.29, 0.717) is 6.61 Å². The van der Waals surface area contributed by atoms with Gasteiger partial charge in [-0.3, -0.25) is 0 Å². The Kier molecular flexibility index (Phi) is 11.0. The summed E-state index contributed by atoms with van der Waals surface area (Å²) in [5.74, 6) is 1.35. The number of carbonyl (C=O) groups excluding carboxylic acids is 1. The Balaban J connectivity index is 4.08. The molecule has 0 aliphatic rings. The molecule has 0 N–H and O–H groups in total. The smallest absolute Gasteiger partial charge is 0.331 e. The van der Waals surface area contributed by atoms with E-state index in [4.69, 9.17) is 4.74 Å². The summed E-state index contributed by atoms with van der Waals surface area (Å²) >= 11 is 0. The molecule has 0 aromatic rings. The molecule has 0 radical (unpaired) electrons. The molecule has 0 heterocycles. The molecule has 1 atom stereocenters. The molecular formula is C19H34O2. The minimum atomic E-state index is -0.246. The van der Waals surface area contributed by atoms with Crippen LogP contribution >= 0.6 is 0 Å². The van der Waals surface area contributed by atoms with Crippen LogP contribution in [0.3, 0.4) is 0 Å². The maximum Gasteiger partial charge on any atom is 0.331 e. The number of hydrogen-bond donors (Lipinski definition) is 0. The summed E-state index contributed by atoms with van der Waals surface area (Å²) in [6.07, 6.45) is 10.1. The second kappa shape index (κ2) is 11.6. The molecule has 0 rings (SSSR count). The Morgan fingerprint density at radius 1 is 1.05 bits per heavy atom. The third-order valence-corrected chi connectivity index (χ3v) is 3.83. The number of allylic oxidation sites excluding steroid dienone is 3. The molecule has 0 fully saturated rings. The Morgan fingerprint density at radius 3 is 2.29 bits per heavy atom. The standard InChI is InChI=1S/C19H34O2/c1-7-21-19(20)14-18(6)17(5)13-9-12-16(4)11-8-10-15(2)3/h13-16H,7-12H2,1-6H3. The van der Waals surface area contributed by atoms with Gasteiger partial charge < -0.3 is 4.74 Å². The van der Waals surface area contributed by atoms with E-state index in [1.807, 2.05) is 13.8 Å². The largest absolute Gasteiger partial charge is 0.463 e. The van der Waals surface area contributed by atoms with Crippen molar-refractivity contribution in [3.8, 4) is 0 Å². The summed E-state index contributed by atoms with van der Waals surface area (Å²) in [6, 6.07) is 0. The summed E-state index contributed by atoms with van der Waals surface area (Å²) in [7, 11) is 0. The lowest BCUT2D eigenvalue weighted by Crippen LogP contribution is -2.00. The van der Waals surface area contributed by atoms with Crippen molar-refractivity contribution >= 4 is 5.97 Å². The van der Waals surface area contributed by atoms with Gasteiger partial charge in [-0.25, -0.2) is 4.79 Å². The van der Waals surface area contributed by atoms with Gasteiger partial charge in [0, 0.05) is 6.08 Å². The fourth-order valence-electron chi connectivity index (χ4n) is 2.24. The highest BCUT2D eigenvalue weighted by Crippen LogP contribution is 2.18. The van der Waals surface area contributed by atoms with E-state index in [1.165, 1.54) is 31.3 Å². The molecular weight excluding hydrogens is 260 g/mol. The molecule has 0 saturated carbocycles. The number of esters is 1. The molecule has 0 saturated heterocycles. The van der Waals surface area contributed by atoms with Gasteiger partial charge in [-0.2, -0.15) is 0 Å². The Bertz CT molecular complexity index is 351. The van der Waals surface area contributed by atoms with Gasteiger partial charge in [0.1, 0.15) is 0 Å². The van der Waals surface area contributed by atoms with Gasteiger partial charge in [0.25, 0.3) is 0 Å². The first-order chi connectivity index (χ1) is 9.86. The SMILES string of the molecule is CCOC(=O)C=C(C)C(C)=CCCC(C)CCCC(C)C. The average Bonchev–Trinajstić information content (AvgIpc) is 2.38. The van der Waals surface area contributed by atoms with E-state index < -0.39 is 0 Å². The van der Waals surface area contributed by atoms with Crippen LogP contribution in [0.1, 0.15) is 73.6 Å². The van der Waals surface area contributed by atoms with Crippen molar-refractivity contribution in [2.24, 2.45) is 11.8 Å². The predicted octanol–water partition coefficient (Wildman–Crippen LogP) is 5.68. The van der Waals surface area contributed by atoms with Crippen LogP contribution in [0.4, 0.5) is 0 Å². The number of ether oxygens (including phenoxy) is 1. The summed E-state index contributed by atoms with van der Waals surface area (Å²) < 4.78 is 4.93. The van der Waals surface area contributed by atoms with E-state index in [-0.39, 0.29) is 5.97 Å². The number of rotatable bonds is 10. The zero-order valence-electron chi connectivity index (χ0n) is 14.9. The third-order valence-electron chi connectivity index (χ3n) is 3.83. The van der Waals surface area contributed by atoms with Gasteiger partial charge in [-0.1, -0.05) is 51.7 Å². The number of hydrogen-bond acceptors (Lipinski definition) is 2. The molecule has 2 nitrogen and oxygen atoms in total. The van der Waals surface area contributed by atoms with Gasteiger partial charge in [0.2, 0.25) is 0 Å². The second-order valence-electron chi connectivity index (χ2n) is 6.47. The van der Waals surface area contributed by atoms with Crippen molar-refractivity contribution in [3.05, 3.63) is 23.3 Å². The Labute approximate surface area is 131 Å². The maximum absolute atomic E-state index is 11.4. The van der Waals surface area contributed by atoms with E-state index in [9.17, 15) is 4.79 Å². The third kappa shape index (κ3) is 11.3. The normalized spacial score (nSPS) is 14.4. The topological polar surface area (TPSA) is 26.3 Å². The zero-order valence-corrected chi connectivity index (χ0v) is 14.9. The van der Waals surface area contributed by atoms with E-state index in [0.717, 1.165) is 23.8 Å². The van der Waals surface area contributed by atoms with Gasteiger partial charge >= 0.3 is 5.97 Å². The highest BCUT2D eigenvalue weighted by Gasteiger charge is 2.03. The molecule has 2 heteroatoms. The first-order valence-electron chi connectivity index (χ1n) is 8.39. The molecule has 0 spiro atoms. The fraction of sp³-hybridized carbons (Fsp3) is 0.737. The van der Waals surface area contributed by atoms with E-state index in [2.05, 4.69) is 33.8 Å². The minimum Gasteiger partial charge on any atom is -0.463 e. The summed E-state index contributed by atoms with van der Waals surface area (Å²) in [5.41, 5.74) is 2.18. The molecule has 0 bridgehead atoms. The zero-order chi connectivity index (χ0) is 16.3. The summed E-state index contributed by atoms with van der Waals surface area (Å²) in [4.78, 5) is 11.4. The van der Waals surface area contributed by atoms with Crippen molar-refractivity contribution in [2.45, 2.75) is 73.6 Å². The summed E-state index contributed by atoms with van der Waals surface area (Å²) in [6.45, 7) is 13.2. The van der Waals surface area contributed by atoms with Crippen molar-refractivity contribution in [3.63, 3.8) is 0 Å². The van der Waals surface area contributed by atoms with Crippen molar-refractivity contribution in [1.29, 1.82) is 0 Å². The predicted molar refractivity (Wildman–Crippen MR) is 91.2 cm³/mol. The second-order valence-corrected chi connectivity index (χ2v) is 6.47. The number of carbonyl (C=O) groups is 1. The van der Waals surface area contributed by atoms with Gasteiger partial charge in [0.05, 0.1) is 6.61 Å². The highest BCUT2D eigenvalue weighted by molar-refractivity contribution is 5.83. The monoisotopic (exact) mass is 294 g/mol. The quantitative estimate of drug-likeness (QED) is 0.294. The van der Waals surface area contributed by atoms with E-state index >= 15 is 0 Å². The van der Waals surface area contributed by atoms with Crippen LogP contribution in [-0.2, 0) is 9.53 Å². The average molecular weight is 294 g/mol. The van der Waals surface area contributed by atoms with Gasteiger partial charge in [-0.15, -0.1) is 0 Å². The molecule has 0 aromatic carbocycles. The maximum atomic E-state index is 11.4.